The lowest BCUT2D eigenvalue weighted by Crippen LogP contribution is -2.15. The predicted octanol–water partition coefficient (Wildman–Crippen LogP) is 10.9. The second-order valence-corrected chi connectivity index (χ2v) is 19.3. The van der Waals surface area contributed by atoms with Crippen LogP contribution in [0.3, 0.4) is 0 Å². The van der Waals surface area contributed by atoms with Crippen LogP contribution in [0.4, 0.5) is 0 Å². The molecular weight excluding hydrogens is 645 g/mol. The van der Waals surface area contributed by atoms with E-state index in [9.17, 15) is 10.2 Å². The van der Waals surface area contributed by atoms with Crippen molar-refractivity contribution in [2.75, 3.05) is 13.2 Å². The van der Waals surface area contributed by atoms with Crippen molar-refractivity contribution in [1.82, 2.24) is 0 Å². The van der Waals surface area contributed by atoms with Gasteiger partial charge >= 0.3 is 0 Å². The minimum absolute atomic E-state index is 0.113. The summed E-state index contributed by atoms with van der Waals surface area (Å²) in [5, 5.41) is 23.8. The quantitative estimate of drug-likeness (QED) is 0.191. The Morgan fingerprint density at radius 1 is 0.385 bits per heavy atom. The molecule has 6 rings (SSSR count). The van der Waals surface area contributed by atoms with Gasteiger partial charge in [-0.3, -0.25) is 0 Å². The van der Waals surface area contributed by atoms with Gasteiger partial charge in [0, 0.05) is 30.4 Å². The van der Waals surface area contributed by atoms with E-state index in [1.165, 1.54) is 11.1 Å². The van der Waals surface area contributed by atoms with Crippen molar-refractivity contribution in [3.8, 4) is 23.0 Å². The zero-order valence-electron chi connectivity index (χ0n) is 33.7. The fourth-order valence-electron chi connectivity index (χ4n) is 7.32. The number of phenols is 2. The summed E-state index contributed by atoms with van der Waals surface area (Å²) >= 11 is 0. The van der Waals surface area contributed by atoms with Crippen molar-refractivity contribution in [3.05, 3.63) is 115 Å². The van der Waals surface area contributed by atoms with Gasteiger partial charge in [0.1, 0.15) is 36.2 Å². The van der Waals surface area contributed by atoms with Gasteiger partial charge in [-0.2, -0.15) is 0 Å². The first kappa shape index (κ1) is 37.8. The number of aromatic hydroxyl groups is 2. The number of phenolic OH excluding ortho intramolecular Hbond substituents is 2. The van der Waals surface area contributed by atoms with Crippen LogP contribution in [0.5, 0.6) is 23.0 Å². The molecule has 0 amide bonds. The Morgan fingerprint density at radius 3 is 0.923 bits per heavy atom. The zero-order valence-corrected chi connectivity index (χ0v) is 33.7. The Hall–Kier alpha value is -3.96. The van der Waals surface area contributed by atoms with Crippen molar-refractivity contribution in [2.45, 2.75) is 137 Å². The molecule has 52 heavy (non-hydrogen) atoms. The third kappa shape index (κ3) is 7.86. The Balaban J connectivity index is 1.68. The molecule has 5 heteroatoms. The maximum Gasteiger partial charge on any atom is 0.126 e. The fraction of sp³-hybridized carbons (Fsp3) is 0.489. The molecule has 2 aliphatic heterocycles. The zero-order chi connectivity index (χ0) is 38.0. The lowest BCUT2D eigenvalue weighted by atomic mass is 9.80. The Labute approximate surface area is 312 Å². The minimum Gasteiger partial charge on any atom is -0.507 e. The van der Waals surface area contributed by atoms with E-state index in [0.29, 0.717) is 32.5 Å². The molecule has 0 atom stereocenters. The third-order valence-electron chi connectivity index (χ3n) is 10.7. The largest absolute Gasteiger partial charge is 0.507 e. The molecule has 0 spiro atoms. The first-order valence-electron chi connectivity index (χ1n) is 19.0. The summed E-state index contributed by atoms with van der Waals surface area (Å²) in [6.45, 7) is 27.9. The van der Waals surface area contributed by atoms with Gasteiger partial charge in [0.05, 0.1) is 13.2 Å². The first-order valence-corrected chi connectivity index (χ1v) is 19.0. The predicted molar refractivity (Wildman–Crippen MR) is 212 cm³/mol. The second kappa shape index (κ2) is 13.5. The average Bonchev–Trinajstić information content (AvgIpc) is 3.10. The molecule has 0 unspecified atom stereocenters. The van der Waals surface area contributed by atoms with Crippen LogP contribution >= 0.6 is 0 Å². The van der Waals surface area contributed by atoms with Crippen molar-refractivity contribution in [3.63, 3.8) is 0 Å². The molecule has 2 N–H and O–H groups in total. The normalized spacial score (nSPS) is 15.5. The van der Waals surface area contributed by atoms with E-state index in [0.717, 1.165) is 67.1 Å². The molecule has 4 aromatic rings. The molecule has 10 bridgehead atoms. The Kier molecular flexibility index (Phi) is 9.79. The van der Waals surface area contributed by atoms with E-state index < -0.39 is 0 Å². The lowest BCUT2D eigenvalue weighted by Gasteiger charge is -2.27. The standard InChI is InChI=1S/C47H60O5/c1-44(2,3)36-18-28-15-30-20-38(46(7,8)9)22-32-17-33-23-39(47(10,11)12)21-31(43(33)52-14-13-51-42(30)32)16-29-19-37(45(4,5)6)25-35(41(29)49)27-50-26-34(24-36)40(28)48/h18-25,48-49H,13-17,26-27H2,1-12H3. The maximum atomic E-state index is 11.9. The van der Waals surface area contributed by atoms with Crippen molar-refractivity contribution in [1.29, 1.82) is 0 Å². The van der Waals surface area contributed by atoms with E-state index in [-0.39, 0.29) is 46.4 Å². The van der Waals surface area contributed by atoms with E-state index in [2.05, 4.69) is 132 Å². The highest BCUT2D eigenvalue weighted by molar-refractivity contribution is 5.58. The van der Waals surface area contributed by atoms with Gasteiger partial charge in [-0.25, -0.2) is 0 Å². The molecule has 5 nitrogen and oxygen atoms in total. The molecule has 0 saturated carbocycles. The molecule has 0 radical (unpaired) electrons. The third-order valence-corrected chi connectivity index (χ3v) is 10.7. The summed E-state index contributed by atoms with van der Waals surface area (Å²) in [7, 11) is 0. The smallest absolute Gasteiger partial charge is 0.126 e. The second-order valence-electron chi connectivity index (χ2n) is 19.3. The molecule has 4 aromatic carbocycles. The maximum absolute atomic E-state index is 11.9. The van der Waals surface area contributed by atoms with Gasteiger partial charge in [0.2, 0.25) is 0 Å². The number of benzene rings is 4. The van der Waals surface area contributed by atoms with Crippen LogP contribution in [0.15, 0.2) is 48.5 Å². The van der Waals surface area contributed by atoms with E-state index in [1.54, 1.807) is 0 Å². The summed E-state index contributed by atoms with van der Waals surface area (Å²) < 4.78 is 19.8. The van der Waals surface area contributed by atoms with Crippen LogP contribution in [0.25, 0.3) is 0 Å². The van der Waals surface area contributed by atoms with Crippen LogP contribution in [-0.4, -0.2) is 23.4 Å². The van der Waals surface area contributed by atoms with Gasteiger partial charge in [-0.1, -0.05) is 119 Å². The summed E-state index contributed by atoms with van der Waals surface area (Å²) in [6, 6.07) is 17.6. The van der Waals surface area contributed by atoms with Crippen molar-refractivity contribution < 1.29 is 24.4 Å². The topological polar surface area (TPSA) is 68.2 Å². The molecule has 2 heterocycles. The van der Waals surface area contributed by atoms with E-state index >= 15 is 0 Å². The van der Waals surface area contributed by atoms with E-state index in [1.807, 2.05) is 0 Å². The highest BCUT2D eigenvalue weighted by Crippen LogP contribution is 2.43. The molecular formula is C47H60O5. The monoisotopic (exact) mass is 704 g/mol. The number of rotatable bonds is 0. The molecule has 0 aliphatic carbocycles. The Bertz CT molecular complexity index is 1850. The minimum atomic E-state index is -0.150. The van der Waals surface area contributed by atoms with Gasteiger partial charge < -0.3 is 24.4 Å². The van der Waals surface area contributed by atoms with Crippen molar-refractivity contribution in [2.24, 2.45) is 0 Å². The first-order chi connectivity index (χ1) is 24.1. The van der Waals surface area contributed by atoms with Gasteiger partial charge in [0.15, 0.2) is 0 Å². The summed E-state index contributed by atoms with van der Waals surface area (Å²) in [5.74, 6) is 2.22. The highest BCUT2D eigenvalue weighted by atomic mass is 16.5. The average molecular weight is 705 g/mol. The number of ether oxygens (including phenoxy) is 3. The summed E-state index contributed by atoms with van der Waals surface area (Å²) in [6.07, 6.45) is 1.65. The molecule has 0 saturated heterocycles. The van der Waals surface area contributed by atoms with Crippen molar-refractivity contribution >= 4 is 0 Å². The highest BCUT2D eigenvalue weighted by Gasteiger charge is 2.28. The van der Waals surface area contributed by atoms with Crippen LogP contribution < -0.4 is 9.47 Å². The Morgan fingerprint density at radius 2 is 0.635 bits per heavy atom. The van der Waals surface area contributed by atoms with E-state index in [4.69, 9.17) is 14.2 Å². The van der Waals surface area contributed by atoms with Crippen LogP contribution in [0.1, 0.15) is 150 Å². The number of fused-ring (bicyclic) bond motifs is 4. The molecule has 278 valence electrons. The molecule has 0 fully saturated rings. The van der Waals surface area contributed by atoms with Crippen LogP contribution in [0, 0.1) is 0 Å². The number of hydrogen-bond donors (Lipinski definition) is 2. The fourth-order valence-corrected chi connectivity index (χ4v) is 7.32. The molecule has 0 aromatic heterocycles. The van der Waals surface area contributed by atoms with Gasteiger partial charge in [-0.15, -0.1) is 0 Å². The van der Waals surface area contributed by atoms with Gasteiger partial charge in [-0.05, 0) is 89.4 Å². The molecule has 2 aliphatic rings. The van der Waals surface area contributed by atoms with Crippen LogP contribution in [-0.2, 0) is 58.9 Å². The lowest BCUT2D eigenvalue weighted by molar-refractivity contribution is 0.103. The SMILES string of the molecule is CC(C)(C)c1cc2c(O)c(c1)Cc1cc(C(C)(C)C)cc3c1OCCOc1c(cc(C(C)(C)C)cc1C3)Cc1cc(C(C)(C)C)cc(c1O)COC2. The summed E-state index contributed by atoms with van der Waals surface area (Å²) in [4.78, 5) is 0. The summed E-state index contributed by atoms with van der Waals surface area (Å²) in [5.41, 5.74) is 11.7. The van der Waals surface area contributed by atoms with Crippen LogP contribution in [0.2, 0.25) is 0 Å². The van der Waals surface area contributed by atoms with Gasteiger partial charge in [0.25, 0.3) is 0 Å². The number of hydrogen-bond acceptors (Lipinski definition) is 5.